The highest BCUT2D eigenvalue weighted by Gasteiger charge is 2.40. The number of carbonyl (C=O) groups excluding carboxylic acids is 4. The SMILES string of the molecule is CCOC(=O)CN[C@@H](C(=O)N1CCC[C@H]1C(=O)NCc1ccc(/C(N)=N/C(=O)NCC(C)C)s1)C(c1ccccc1)c1ccccc1. The Morgan fingerprint density at radius 3 is 2.26 bits per heavy atom. The zero-order chi connectivity index (χ0) is 33.8. The lowest BCUT2D eigenvalue weighted by atomic mass is 9.84. The van der Waals surface area contributed by atoms with E-state index in [1.54, 1.807) is 17.9 Å². The van der Waals surface area contributed by atoms with E-state index >= 15 is 0 Å². The van der Waals surface area contributed by atoms with Gasteiger partial charge in [0.05, 0.1) is 30.6 Å². The van der Waals surface area contributed by atoms with E-state index in [0.717, 1.165) is 16.0 Å². The number of amidine groups is 1. The molecule has 2 aromatic carbocycles. The summed E-state index contributed by atoms with van der Waals surface area (Å²) in [5.41, 5.74) is 7.86. The predicted octanol–water partition coefficient (Wildman–Crippen LogP) is 3.78. The van der Waals surface area contributed by atoms with Gasteiger partial charge in [-0.3, -0.25) is 19.7 Å². The molecule has 0 bridgehead atoms. The molecule has 2 heterocycles. The fourth-order valence-electron chi connectivity index (χ4n) is 5.53. The summed E-state index contributed by atoms with van der Waals surface area (Å²) in [6, 6.07) is 20.9. The van der Waals surface area contributed by atoms with Gasteiger partial charge in [-0.1, -0.05) is 74.5 Å². The first kappa shape index (κ1) is 35.3. The molecule has 0 spiro atoms. The zero-order valence-corrected chi connectivity index (χ0v) is 27.9. The van der Waals surface area contributed by atoms with Crippen LogP contribution in [-0.4, -0.2) is 72.9 Å². The maximum Gasteiger partial charge on any atom is 0.342 e. The third-order valence-corrected chi connectivity index (χ3v) is 8.87. The van der Waals surface area contributed by atoms with E-state index in [1.807, 2.05) is 80.6 Å². The second-order valence-electron chi connectivity index (χ2n) is 11.7. The van der Waals surface area contributed by atoms with Crippen molar-refractivity contribution in [2.45, 2.75) is 58.2 Å². The molecule has 0 saturated carbocycles. The fourth-order valence-corrected chi connectivity index (χ4v) is 6.38. The van der Waals surface area contributed by atoms with Gasteiger partial charge in [0.1, 0.15) is 11.9 Å². The Morgan fingerprint density at radius 1 is 0.979 bits per heavy atom. The molecule has 47 heavy (non-hydrogen) atoms. The van der Waals surface area contributed by atoms with Crippen LogP contribution in [0.1, 0.15) is 60.4 Å². The Hall–Kier alpha value is -4.55. The van der Waals surface area contributed by atoms with Gasteiger partial charge in [-0.05, 0) is 48.9 Å². The van der Waals surface area contributed by atoms with Crippen molar-refractivity contribution >= 4 is 41.0 Å². The first-order valence-corrected chi connectivity index (χ1v) is 16.8. The Balaban J connectivity index is 1.49. The normalized spacial score (nSPS) is 15.5. The fraction of sp³-hybridized carbons (Fsp3) is 0.400. The molecule has 3 aromatic rings. The number of aliphatic imine (C=N–C) groups is 1. The molecule has 4 amide bonds. The standard InChI is InChI=1S/C35H44N6O5S/c1-4-46-29(42)22-37-31(30(24-12-7-5-8-13-24)25-14-9-6-10-15-25)34(44)41-19-11-16-27(41)33(43)38-21-26-17-18-28(47-26)32(36)40-35(45)39-20-23(2)3/h5-10,12-15,17-18,23,27,30-31,37H,4,11,16,19-22H2,1-3H3,(H,38,43)(H3,36,39,40,45)/t27-,31+/m0/s1. The number of hydrogen-bond donors (Lipinski definition) is 4. The van der Waals surface area contributed by atoms with Gasteiger partial charge in [0.2, 0.25) is 11.8 Å². The zero-order valence-electron chi connectivity index (χ0n) is 27.1. The van der Waals surface area contributed by atoms with E-state index in [1.165, 1.54) is 11.3 Å². The lowest BCUT2D eigenvalue weighted by Crippen LogP contribution is -2.55. The topological polar surface area (TPSA) is 155 Å². The highest BCUT2D eigenvalue weighted by molar-refractivity contribution is 7.14. The van der Waals surface area contributed by atoms with Crippen LogP contribution in [0, 0.1) is 5.92 Å². The van der Waals surface area contributed by atoms with Crippen LogP contribution in [0.25, 0.3) is 0 Å². The highest BCUT2D eigenvalue weighted by Crippen LogP contribution is 2.31. The van der Waals surface area contributed by atoms with Gasteiger partial charge in [0.25, 0.3) is 0 Å². The first-order valence-electron chi connectivity index (χ1n) is 16.0. The number of likely N-dealkylation sites (tertiary alicyclic amines) is 1. The number of nitrogens with two attached hydrogens (primary N) is 1. The second kappa shape index (κ2) is 17.4. The Morgan fingerprint density at radius 2 is 1.64 bits per heavy atom. The minimum absolute atomic E-state index is 0.106. The number of thiophene rings is 1. The van der Waals surface area contributed by atoms with Crippen LogP contribution in [-0.2, 0) is 25.7 Å². The molecule has 1 fully saturated rings. The van der Waals surface area contributed by atoms with Gasteiger partial charge in [-0.15, -0.1) is 11.3 Å². The molecular formula is C35H44N6O5S. The van der Waals surface area contributed by atoms with E-state index in [9.17, 15) is 19.2 Å². The van der Waals surface area contributed by atoms with E-state index < -0.39 is 30.0 Å². The van der Waals surface area contributed by atoms with Gasteiger partial charge >= 0.3 is 12.0 Å². The van der Waals surface area contributed by atoms with Crippen LogP contribution < -0.4 is 21.7 Å². The number of nitrogens with one attached hydrogen (secondary N) is 3. The Labute approximate surface area is 280 Å². The monoisotopic (exact) mass is 660 g/mol. The summed E-state index contributed by atoms with van der Waals surface area (Å²) in [6.45, 7) is 6.93. The predicted molar refractivity (Wildman–Crippen MR) is 183 cm³/mol. The molecule has 0 radical (unpaired) electrons. The third-order valence-electron chi connectivity index (χ3n) is 7.76. The van der Waals surface area contributed by atoms with Crippen LogP contribution in [0.5, 0.6) is 0 Å². The van der Waals surface area contributed by atoms with Crippen LogP contribution in [0.2, 0.25) is 0 Å². The van der Waals surface area contributed by atoms with Crippen LogP contribution >= 0.6 is 11.3 Å². The molecular weight excluding hydrogens is 616 g/mol. The van der Waals surface area contributed by atoms with Crippen molar-refractivity contribution in [3.05, 3.63) is 93.7 Å². The molecule has 11 nitrogen and oxygen atoms in total. The number of esters is 1. The van der Waals surface area contributed by atoms with Crippen molar-refractivity contribution in [3.8, 4) is 0 Å². The van der Waals surface area contributed by atoms with Crippen molar-refractivity contribution in [3.63, 3.8) is 0 Å². The molecule has 1 aliphatic heterocycles. The van der Waals surface area contributed by atoms with Gasteiger partial charge < -0.3 is 26.0 Å². The van der Waals surface area contributed by atoms with Gasteiger partial charge in [0.15, 0.2) is 0 Å². The number of ether oxygens (including phenoxy) is 1. The summed E-state index contributed by atoms with van der Waals surface area (Å²) in [6.07, 6.45) is 1.19. The van der Waals surface area contributed by atoms with Crippen LogP contribution in [0.3, 0.4) is 0 Å². The summed E-state index contributed by atoms with van der Waals surface area (Å²) in [5.74, 6) is -1.01. The van der Waals surface area contributed by atoms with Crippen LogP contribution in [0.4, 0.5) is 4.79 Å². The van der Waals surface area contributed by atoms with E-state index in [2.05, 4.69) is 20.9 Å². The molecule has 0 unspecified atom stereocenters. The summed E-state index contributed by atoms with van der Waals surface area (Å²) < 4.78 is 5.15. The van der Waals surface area contributed by atoms with Crippen molar-refractivity contribution in [1.29, 1.82) is 0 Å². The van der Waals surface area contributed by atoms with Crippen molar-refractivity contribution < 1.29 is 23.9 Å². The number of carbonyl (C=O) groups is 4. The smallest absolute Gasteiger partial charge is 0.342 e. The minimum Gasteiger partial charge on any atom is -0.465 e. The summed E-state index contributed by atoms with van der Waals surface area (Å²) in [5, 5.41) is 8.87. The molecule has 0 aliphatic carbocycles. The maximum atomic E-state index is 14.4. The molecule has 2 atom stereocenters. The first-order chi connectivity index (χ1) is 22.7. The van der Waals surface area contributed by atoms with Crippen molar-refractivity contribution in [1.82, 2.24) is 20.9 Å². The van der Waals surface area contributed by atoms with Crippen molar-refractivity contribution in [2.24, 2.45) is 16.6 Å². The molecule has 1 aromatic heterocycles. The Kier molecular flexibility index (Phi) is 13.1. The Bertz CT molecular complexity index is 1490. The molecule has 4 rings (SSSR count). The number of rotatable bonds is 14. The van der Waals surface area contributed by atoms with Gasteiger partial charge in [-0.2, -0.15) is 4.99 Å². The van der Waals surface area contributed by atoms with Crippen molar-refractivity contribution in [2.75, 3.05) is 26.2 Å². The largest absolute Gasteiger partial charge is 0.465 e. The molecule has 5 N–H and O–H groups in total. The van der Waals surface area contributed by atoms with E-state index in [0.29, 0.717) is 36.7 Å². The summed E-state index contributed by atoms with van der Waals surface area (Å²) >= 11 is 1.33. The van der Waals surface area contributed by atoms with Gasteiger partial charge in [0, 0.05) is 23.9 Å². The quantitative estimate of drug-likeness (QED) is 0.117. The summed E-state index contributed by atoms with van der Waals surface area (Å²) in [4.78, 5) is 59.4. The van der Waals surface area contributed by atoms with E-state index in [4.69, 9.17) is 10.5 Å². The minimum atomic E-state index is -0.836. The summed E-state index contributed by atoms with van der Waals surface area (Å²) in [7, 11) is 0. The molecule has 1 saturated heterocycles. The van der Waals surface area contributed by atoms with Crippen LogP contribution in [0.15, 0.2) is 77.8 Å². The lowest BCUT2D eigenvalue weighted by molar-refractivity contribution is -0.143. The molecule has 250 valence electrons. The second-order valence-corrected chi connectivity index (χ2v) is 12.9. The number of benzene rings is 2. The van der Waals surface area contributed by atoms with Gasteiger partial charge in [-0.25, -0.2) is 4.79 Å². The third kappa shape index (κ3) is 9.97. The average Bonchev–Trinajstić information content (AvgIpc) is 3.76. The highest BCUT2D eigenvalue weighted by atomic mass is 32.1. The average molecular weight is 661 g/mol. The number of nitrogens with zero attached hydrogens (tertiary/aromatic N) is 2. The maximum absolute atomic E-state index is 14.4. The number of urea groups is 1. The number of amides is 4. The van der Waals surface area contributed by atoms with E-state index in [-0.39, 0.29) is 37.3 Å². The number of hydrogen-bond acceptors (Lipinski definition) is 7. The molecule has 1 aliphatic rings. The molecule has 12 heteroatoms. The lowest BCUT2D eigenvalue weighted by Gasteiger charge is -2.33.